The van der Waals surface area contributed by atoms with Crippen molar-refractivity contribution in [2.45, 2.75) is 45.3 Å². The summed E-state index contributed by atoms with van der Waals surface area (Å²) in [5.41, 5.74) is 1.45. The van der Waals surface area contributed by atoms with Crippen LogP contribution in [0.3, 0.4) is 0 Å². The van der Waals surface area contributed by atoms with Gasteiger partial charge in [-0.15, -0.1) is 0 Å². The van der Waals surface area contributed by atoms with E-state index < -0.39 is 0 Å². The topological polar surface area (TPSA) is 61.8 Å². The van der Waals surface area contributed by atoms with Gasteiger partial charge in [0.25, 0.3) is 0 Å². The molecule has 28 heavy (non-hydrogen) atoms. The molecule has 1 fully saturated rings. The monoisotopic (exact) mass is 382 g/mol. The van der Waals surface area contributed by atoms with Gasteiger partial charge in [-0.3, -0.25) is 4.79 Å². The van der Waals surface area contributed by atoms with Crippen molar-refractivity contribution in [2.24, 2.45) is 5.92 Å². The fourth-order valence-electron chi connectivity index (χ4n) is 3.34. The van der Waals surface area contributed by atoms with Gasteiger partial charge in [0, 0.05) is 0 Å². The van der Waals surface area contributed by atoms with Gasteiger partial charge in [-0.1, -0.05) is 30.3 Å². The number of benzene rings is 2. The highest BCUT2D eigenvalue weighted by Gasteiger charge is 2.28. The minimum absolute atomic E-state index is 0.0124. The fourth-order valence-corrected chi connectivity index (χ4v) is 3.34. The maximum Gasteiger partial charge on any atom is 0.338 e. The number of carbonyl (C=O) groups is 2. The van der Waals surface area contributed by atoms with E-state index >= 15 is 0 Å². The molecular weight excluding hydrogens is 356 g/mol. The van der Waals surface area contributed by atoms with Gasteiger partial charge in [0.1, 0.15) is 12.4 Å². The quantitative estimate of drug-likeness (QED) is 0.658. The second-order valence-corrected chi connectivity index (χ2v) is 6.93. The summed E-state index contributed by atoms with van der Waals surface area (Å²) in [4.78, 5) is 24.0. The van der Waals surface area contributed by atoms with E-state index in [0.29, 0.717) is 12.2 Å². The second kappa shape index (κ2) is 9.93. The lowest BCUT2D eigenvalue weighted by Crippen LogP contribution is -2.29. The first-order valence-electron chi connectivity index (χ1n) is 9.80. The van der Waals surface area contributed by atoms with E-state index in [4.69, 9.17) is 14.2 Å². The number of hydrogen-bond acceptors (Lipinski definition) is 5. The van der Waals surface area contributed by atoms with Crippen LogP contribution in [0.15, 0.2) is 54.6 Å². The van der Waals surface area contributed by atoms with Crippen molar-refractivity contribution in [1.29, 1.82) is 0 Å². The third-order valence-electron chi connectivity index (χ3n) is 4.90. The highest BCUT2D eigenvalue weighted by molar-refractivity contribution is 5.89. The molecule has 3 rings (SSSR count). The molecule has 0 aromatic heterocycles. The smallest absolute Gasteiger partial charge is 0.338 e. The van der Waals surface area contributed by atoms with Crippen LogP contribution in [-0.2, 0) is 20.9 Å². The third kappa shape index (κ3) is 5.59. The maximum absolute atomic E-state index is 12.2. The molecule has 0 unspecified atom stereocenters. The molecule has 0 amide bonds. The normalized spacial score (nSPS) is 18.9. The van der Waals surface area contributed by atoms with Crippen molar-refractivity contribution in [3.05, 3.63) is 65.7 Å². The van der Waals surface area contributed by atoms with Crippen molar-refractivity contribution in [3.8, 4) is 5.75 Å². The van der Waals surface area contributed by atoms with Crippen LogP contribution in [0, 0.1) is 5.92 Å². The number of hydrogen-bond donors (Lipinski definition) is 0. The Hall–Kier alpha value is -2.82. The van der Waals surface area contributed by atoms with Gasteiger partial charge in [-0.2, -0.15) is 0 Å². The molecule has 0 saturated heterocycles. The van der Waals surface area contributed by atoms with Crippen LogP contribution in [0.4, 0.5) is 0 Å². The van der Waals surface area contributed by atoms with E-state index in [-0.39, 0.29) is 30.6 Å². The first kappa shape index (κ1) is 19.9. The minimum atomic E-state index is -0.356. The summed E-state index contributed by atoms with van der Waals surface area (Å²) >= 11 is 0. The highest BCUT2D eigenvalue weighted by atomic mass is 16.5. The van der Waals surface area contributed by atoms with Crippen LogP contribution in [0.2, 0.25) is 0 Å². The molecule has 148 valence electrons. The lowest BCUT2D eigenvalue weighted by Gasteiger charge is -2.27. The molecule has 2 aromatic carbocycles. The van der Waals surface area contributed by atoms with E-state index in [1.54, 1.807) is 24.3 Å². The molecule has 0 spiro atoms. The summed E-state index contributed by atoms with van der Waals surface area (Å²) in [6.07, 6.45) is 3.30. The Labute approximate surface area is 165 Å². The molecule has 5 nitrogen and oxygen atoms in total. The average Bonchev–Trinajstić information content (AvgIpc) is 2.74. The van der Waals surface area contributed by atoms with Gasteiger partial charge in [0.05, 0.1) is 24.2 Å². The van der Waals surface area contributed by atoms with Gasteiger partial charge >= 0.3 is 11.9 Å². The van der Waals surface area contributed by atoms with Gasteiger partial charge in [0.2, 0.25) is 0 Å². The van der Waals surface area contributed by atoms with E-state index in [9.17, 15) is 9.59 Å². The molecule has 0 N–H and O–H groups in total. The number of esters is 2. The number of rotatable bonds is 7. The van der Waals surface area contributed by atoms with Crippen molar-refractivity contribution in [2.75, 3.05) is 6.61 Å². The second-order valence-electron chi connectivity index (χ2n) is 6.93. The molecule has 1 aliphatic carbocycles. The summed E-state index contributed by atoms with van der Waals surface area (Å²) in [6.45, 7) is 2.50. The third-order valence-corrected chi connectivity index (χ3v) is 4.90. The lowest BCUT2D eigenvalue weighted by molar-refractivity contribution is -0.149. The van der Waals surface area contributed by atoms with E-state index in [1.165, 1.54) is 0 Å². The molecule has 0 radical (unpaired) electrons. The van der Waals surface area contributed by atoms with E-state index in [1.807, 2.05) is 37.3 Å². The van der Waals surface area contributed by atoms with Gasteiger partial charge in [0.15, 0.2) is 0 Å². The summed E-state index contributed by atoms with van der Waals surface area (Å²) in [5, 5.41) is 0. The Bertz CT molecular complexity index is 761. The molecule has 2 aromatic rings. The Morgan fingerprint density at radius 1 is 0.893 bits per heavy atom. The highest BCUT2D eigenvalue weighted by Crippen LogP contribution is 2.28. The van der Waals surface area contributed by atoms with Crippen LogP contribution in [0.5, 0.6) is 5.75 Å². The first-order valence-corrected chi connectivity index (χ1v) is 9.80. The Kier molecular flexibility index (Phi) is 7.06. The van der Waals surface area contributed by atoms with Crippen molar-refractivity contribution < 1.29 is 23.8 Å². The molecule has 1 saturated carbocycles. The SMILES string of the molecule is CCOC(=O)C1CCC(Oc2ccc(C(=O)OCc3ccccc3)cc2)CC1. The van der Waals surface area contributed by atoms with E-state index in [0.717, 1.165) is 37.0 Å². The van der Waals surface area contributed by atoms with Crippen LogP contribution < -0.4 is 4.74 Å². The minimum Gasteiger partial charge on any atom is -0.490 e. The number of ether oxygens (including phenoxy) is 3. The summed E-state index contributed by atoms with van der Waals surface area (Å²) in [6, 6.07) is 16.6. The van der Waals surface area contributed by atoms with Crippen molar-refractivity contribution >= 4 is 11.9 Å². The van der Waals surface area contributed by atoms with Crippen LogP contribution >= 0.6 is 0 Å². The maximum atomic E-state index is 12.2. The zero-order chi connectivity index (χ0) is 19.8. The Balaban J connectivity index is 1.45. The largest absolute Gasteiger partial charge is 0.490 e. The molecule has 0 heterocycles. The van der Waals surface area contributed by atoms with Gasteiger partial charge < -0.3 is 14.2 Å². The summed E-state index contributed by atoms with van der Waals surface area (Å²) in [5.74, 6) is 0.255. The summed E-state index contributed by atoms with van der Waals surface area (Å²) < 4.78 is 16.4. The van der Waals surface area contributed by atoms with Crippen LogP contribution in [-0.4, -0.2) is 24.6 Å². The molecule has 1 aliphatic rings. The van der Waals surface area contributed by atoms with Gasteiger partial charge in [-0.05, 0) is 62.4 Å². The van der Waals surface area contributed by atoms with Crippen molar-refractivity contribution in [1.82, 2.24) is 0 Å². The number of carbonyl (C=O) groups excluding carboxylic acids is 2. The molecule has 0 atom stereocenters. The zero-order valence-corrected chi connectivity index (χ0v) is 16.1. The average molecular weight is 382 g/mol. The standard InChI is InChI=1S/C23H26O5/c1-2-26-22(24)18-8-12-20(13-9-18)28-21-14-10-19(11-15-21)23(25)27-16-17-6-4-3-5-7-17/h3-7,10-11,14-15,18,20H,2,8-9,12-13,16H2,1H3. The predicted molar refractivity (Wildman–Crippen MR) is 105 cm³/mol. The molecule has 0 aliphatic heterocycles. The Morgan fingerprint density at radius 3 is 2.21 bits per heavy atom. The van der Waals surface area contributed by atoms with E-state index in [2.05, 4.69) is 0 Å². The van der Waals surface area contributed by atoms with Crippen LogP contribution in [0.25, 0.3) is 0 Å². The van der Waals surface area contributed by atoms with Crippen molar-refractivity contribution in [3.63, 3.8) is 0 Å². The predicted octanol–water partition coefficient (Wildman–Crippen LogP) is 4.54. The van der Waals surface area contributed by atoms with Gasteiger partial charge in [-0.25, -0.2) is 4.79 Å². The Morgan fingerprint density at radius 2 is 1.57 bits per heavy atom. The fraction of sp³-hybridized carbons (Fsp3) is 0.391. The molecule has 5 heteroatoms. The molecular formula is C23H26O5. The lowest BCUT2D eigenvalue weighted by atomic mass is 9.87. The molecule has 0 bridgehead atoms. The van der Waals surface area contributed by atoms with Crippen LogP contribution in [0.1, 0.15) is 48.5 Å². The summed E-state index contributed by atoms with van der Waals surface area (Å²) in [7, 11) is 0. The first-order chi connectivity index (χ1) is 13.7. The zero-order valence-electron chi connectivity index (χ0n) is 16.1.